The van der Waals surface area contributed by atoms with Gasteiger partial charge in [0.05, 0.1) is 0 Å². The number of hydrogen-bond donors (Lipinski definition) is 5. The molecule has 20 heavy (non-hydrogen) atoms. The summed E-state index contributed by atoms with van der Waals surface area (Å²) in [4.78, 5) is 21.5. The maximum absolute atomic E-state index is 11.2. The van der Waals surface area contributed by atoms with Crippen LogP contribution >= 0.6 is 0 Å². The van der Waals surface area contributed by atoms with Crippen molar-refractivity contribution in [3.63, 3.8) is 0 Å². The number of aromatic nitrogens is 3. The van der Waals surface area contributed by atoms with Gasteiger partial charge in [-0.3, -0.25) is 14.1 Å². The van der Waals surface area contributed by atoms with Crippen LogP contribution in [0.4, 0.5) is 11.9 Å². The number of H-pyrrole nitrogens is 1. The highest BCUT2D eigenvalue weighted by Crippen LogP contribution is 1.99. The quantitative estimate of drug-likeness (QED) is 0.461. The standard InChI is InChI=1S/C9H17N5O.H2O4S/c1-3-5-10-7-12-8(11-6-4-2)14-9(15)13-7;1-5(2,3)4/h3-6H2,1-2H3,(H3,10,11,12,13,14,15);(H2,1,2,3,4). The van der Waals surface area contributed by atoms with Gasteiger partial charge in [0.15, 0.2) is 0 Å². The van der Waals surface area contributed by atoms with Gasteiger partial charge in [-0.15, -0.1) is 0 Å². The second kappa shape index (κ2) is 9.23. The minimum atomic E-state index is -4.67. The number of nitrogens with zero attached hydrogens (tertiary/aromatic N) is 2. The first-order valence-electron chi connectivity index (χ1n) is 5.92. The minimum absolute atomic E-state index is 0.374. The molecule has 1 aromatic heterocycles. The normalized spacial score (nSPS) is 10.4. The Labute approximate surface area is 116 Å². The highest BCUT2D eigenvalue weighted by molar-refractivity contribution is 7.79. The second-order valence-electron chi connectivity index (χ2n) is 3.63. The molecule has 1 rings (SSSR count). The first kappa shape index (κ1) is 18.3. The molecule has 116 valence electrons. The summed E-state index contributed by atoms with van der Waals surface area (Å²) in [6.45, 7) is 5.62. The molecule has 1 aromatic rings. The Morgan fingerprint density at radius 1 is 1.10 bits per heavy atom. The zero-order chi connectivity index (χ0) is 15.6. The summed E-state index contributed by atoms with van der Waals surface area (Å²) in [5, 5.41) is 5.98. The van der Waals surface area contributed by atoms with Crippen molar-refractivity contribution in [2.24, 2.45) is 0 Å². The Balaban J connectivity index is 0.000000621. The molecule has 0 aliphatic heterocycles. The molecule has 0 saturated heterocycles. The summed E-state index contributed by atoms with van der Waals surface area (Å²) < 4.78 is 31.6. The van der Waals surface area contributed by atoms with Crippen molar-refractivity contribution < 1.29 is 17.5 Å². The van der Waals surface area contributed by atoms with E-state index in [2.05, 4.69) is 25.6 Å². The molecule has 5 N–H and O–H groups in total. The molecule has 1 heterocycles. The van der Waals surface area contributed by atoms with E-state index >= 15 is 0 Å². The van der Waals surface area contributed by atoms with Crippen molar-refractivity contribution in [2.75, 3.05) is 23.7 Å². The van der Waals surface area contributed by atoms with E-state index in [0.717, 1.165) is 25.9 Å². The van der Waals surface area contributed by atoms with E-state index in [4.69, 9.17) is 17.5 Å². The summed E-state index contributed by atoms with van der Waals surface area (Å²) in [6.07, 6.45) is 1.94. The summed E-state index contributed by atoms with van der Waals surface area (Å²) in [7, 11) is -4.67. The molecule has 0 amide bonds. The van der Waals surface area contributed by atoms with Gasteiger partial charge < -0.3 is 10.6 Å². The van der Waals surface area contributed by atoms with Crippen LogP contribution < -0.4 is 16.3 Å². The van der Waals surface area contributed by atoms with Gasteiger partial charge in [0.1, 0.15) is 0 Å². The fourth-order valence-corrected chi connectivity index (χ4v) is 1.03. The molecule has 0 atom stereocenters. The van der Waals surface area contributed by atoms with Gasteiger partial charge in [-0.1, -0.05) is 13.8 Å². The van der Waals surface area contributed by atoms with E-state index in [0.29, 0.717) is 11.9 Å². The molecule has 0 aliphatic carbocycles. The maximum Gasteiger partial charge on any atom is 0.394 e. The second-order valence-corrected chi connectivity index (χ2v) is 4.52. The summed E-state index contributed by atoms with van der Waals surface area (Å²) >= 11 is 0. The zero-order valence-corrected chi connectivity index (χ0v) is 12.1. The van der Waals surface area contributed by atoms with Gasteiger partial charge in [0.2, 0.25) is 11.9 Å². The number of nitrogens with one attached hydrogen (secondary N) is 3. The van der Waals surface area contributed by atoms with E-state index in [1.807, 2.05) is 13.8 Å². The van der Waals surface area contributed by atoms with Crippen LogP contribution in [0, 0.1) is 0 Å². The molecule has 0 unspecified atom stereocenters. The Morgan fingerprint density at radius 3 is 2.10 bits per heavy atom. The van der Waals surface area contributed by atoms with Crippen LogP contribution in [0.15, 0.2) is 4.79 Å². The van der Waals surface area contributed by atoms with Gasteiger partial charge >= 0.3 is 16.1 Å². The van der Waals surface area contributed by atoms with Crippen LogP contribution in [0.1, 0.15) is 26.7 Å². The predicted molar refractivity (Wildman–Crippen MR) is 74.4 cm³/mol. The average molecular weight is 309 g/mol. The molecule has 0 aliphatic rings. The Kier molecular flexibility index (Phi) is 8.43. The van der Waals surface area contributed by atoms with Crippen LogP contribution in [0.25, 0.3) is 0 Å². The monoisotopic (exact) mass is 309 g/mol. The van der Waals surface area contributed by atoms with Crippen LogP contribution in [-0.4, -0.2) is 45.6 Å². The van der Waals surface area contributed by atoms with Crippen LogP contribution in [0.2, 0.25) is 0 Å². The van der Waals surface area contributed by atoms with E-state index in [1.165, 1.54) is 0 Å². The van der Waals surface area contributed by atoms with Crippen molar-refractivity contribution in [3.05, 3.63) is 10.5 Å². The molecule has 11 heteroatoms. The fourth-order valence-electron chi connectivity index (χ4n) is 1.03. The van der Waals surface area contributed by atoms with E-state index < -0.39 is 10.4 Å². The lowest BCUT2D eigenvalue weighted by Crippen LogP contribution is -2.19. The number of aromatic amines is 1. The molecule has 0 fully saturated rings. The Hall–Kier alpha value is -1.72. The first-order chi connectivity index (χ1) is 9.26. The van der Waals surface area contributed by atoms with Crippen molar-refractivity contribution >= 4 is 22.3 Å². The third-order valence-electron chi connectivity index (χ3n) is 1.73. The maximum atomic E-state index is 11.2. The smallest absolute Gasteiger partial charge is 0.356 e. The lowest BCUT2D eigenvalue weighted by atomic mass is 10.5. The van der Waals surface area contributed by atoms with Gasteiger partial charge in [0, 0.05) is 13.1 Å². The molecule has 0 saturated carbocycles. The van der Waals surface area contributed by atoms with E-state index in [9.17, 15) is 4.79 Å². The number of hydrogen-bond acceptors (Lipinski definition) is 7. The highest BCUT2D eigenvalue weighted by atomic mass is 32.3. The minimum Gasteiger partial charge on any atom is -0.356 e. The van der Waals surface area contributed by atoms with E-state index in [1.54, 1.807) is 0 Å². The largest absolute Gasteiger partial charge is 0.394 e. The van der Waals surface area contributed by atoms with Crippen LogP contribution in [-0.2, 0) is 10.4 Å². The first-order valence-corrected chi connectivity index (χ1v) is 7.32. The van der Waals surface area contributed by atoms with Crippen molar-refractivity contribution in [1.82, 2.24) is 15.0 Å². The van der Waals surface area contributed by atoms with Gasteiger partial charge in [0.25, 0.3) is 0 Å². The lowest BCUT2D eigenvalue weighted by Gasteiger charge is -2.05. The summed E-state index contributed by atoms with van der Waals surface area (Å²) in [5.41, 5.74) is -0.387. The SMILES string of the molecule is CCCNc1nc(NCCC)[nH]c(=O)n1.O=S(=O)(O)O. The predicted octanol–water partition coefficient (Wildman–Crippen LogP) is 0.156. The molecule has 10 nitrogen and oxygen atoms in total. The molecule has 0 radical (unpaired) electrons. The Morgan fingerprint density at radius 2 is 1.60 bits per heavy atom. The molecular weight excluding hydrogens is 290 g/mol. The van der Waals surface area contributed by atoms with E-state index in [-0.39, 0.29) is 5.69 Å². The van der Waals surface area contributed by atoms with Crippen LogP contribution in [0.3, 0.4) is 0 Å². The topological polar surface area (TPSA) is 157 Å². The molecule has 0 bridgehead atoms. The third kappa shape index (κ3) is 11.4. The Bertz CT molecular complexity index is 507. The average Bonchev–Trinajstić information content (AvgIpc) is 2.31. The number of rotatable bonds is 6. The number of anilines is 2. The van der Waals surface area contributed by atoms with Gasteiger partial charge in [-0.25, -0.2) is 4.79 Å². The highest BCUT2D eigenvalue weighted by Gasteiger charge is 2.00. The van der Waals surface area contributed by atoms with Crippen molar-refractivity contribution in [2.45, 2.75) is 26.7 Å². The molecular formula is C9H19N5O5S. The third-order valence-corrected chi connectivity index (χ3v) is 1.73. The lowest BCUT2D eigenvalue weighted by molar-refractivity contribution is 0.381. The molecule has 0 spiro atoms. The van der Waals surface area contributed by atoms with Crippen molar-refractivity contribution in [3.8, 4) is 0 Å². The fraction of sp³-hybridized carbons (Fsp3) is 0.667. The molecule has 0 aromatic carbocycles. The van der Waals surface area contributed by atoms with Crippen LogP contribution in [0.5, 0.6) is 0 Å². The van der Waals surface area contributed by atoms with Crippen molar-refractivity contribution in [1.29, 1.82) is 0 Å². The van der Waals surface area contributed by atoms with Gasteiger partial charge in [-0.2, -0.15) is 18.4 Å². The summed E-state index contributed by atoms with van der Waals surface area (Å²) in [5.74, 6) is 0.842. The summed E-state index contributed by atoms with van der Waals surface area (Å²) in [6, 6.07) is 0. The zero-order valence-electron chi connectivity index (χ0n) is 11.3. The van der Waals surface area contributed by atoms with Gasteiger partial charge in [-0.05, 0) is 12.8 Å².